The van der Waals surface area contributed by atoms with E-state index in [2.05, 4.69) is 27.5 Å². The van der Waals surface area contributed by atoms with Crippen molar-refractivity contribution in [2.75, 3.05) is 17.2 Å². The van der Waals surface area contributed by atoms with E-state index in [4.69, 9.17) is 0 Å². The van der Waals surface area contributed by atoms with Crippen molar-refractivity contribution < 1.29 is 4.79 Å². The molecule has 0 aliphatic heterocycles. The van der Waals surface area contributed by atoms with Crippen molar-refractivity contribution in [2.45, 2.75) is 27.2 Å². The summed E-state index contributed by atoms with van der Waals surface area (Å²) in [6.07, 6.45) is 4.07. The quantitative estimate of drug-likeness (QED) is 0.885. The van der Waals surface area contributed by atoms with Gasteiger partial charge in [0.25, 0.3) is 5.91 Å². The fourth-order valence-electron chi connectivity index (χ4n) is 1.95. The third-order valence-corrected chi connectivity index (χ3v) is 3.05. The van der Waals surface area contributed by atoms with Gasteiger partial charge in [-0.05, 0) is 31.9 Å². The lowest BCUT2D eigenvalue weighted by molar-refractivity contribution is 0.102. The van der Waals surface area contributed by atoms with E-state index in [1.54, 1.807) is 6.20 Å². The molecule has 0 aliphatic rings. The Kier molecular flexibility index (Phi) is 4.87. The molecule has 0 atom stereocenters. The molecule has 1 aromatic carbocycles. The number of hydrogen-bond donors (Lipinski definition) is 2. The number of rotatable bonds is 5. The molecule has 5 heteroatoms. The molecule has 1 heterocycles. The number of aromatic nitrogens is 2. The van der Waals surface area contributed by atoms with Crippen LogP contribution >= 0.6 is 0 Å². The van der Waals surface area contributed by atoms with E-state index in [0.29, 0.717) is 11.5 Å². The summed E-state index contributed by atoms with van der Waals surface area (Å²) < 4.78 is 0. The molecule has 0 radical (unpaired) electrons. The molecule has 0 aliphatic carbocycles. The monoisotopic (exact) mass is 284 g/mol. The molecule has 1 amide bonds. The van der Waals surface area contributed by atoms with Crippen molar-refractivity contribution >= 4 is 17.4 Å². The summed E-state index contributed by atoms with van der Waals surface area (Å²) in [5, 5.41) is 5.99. The van der Waals surface area contributed by atoms with E-state index in [1.807, 2.05) is 32.0 Å². The van der Waals surface area contributed by atoms with Crippen molar-refractivity contribution in [3.05, 3.63) is 47.4 Å². The first-order chi connectivity index (χ1) is 10.1. The lowest BCUT2D eigenvalue weighted by atomic mass is 10.1. The van der Waals surface area contributed by atoms with E-state index < -0.39 is 0 Å². The molecule has 0 saturated carbocycles. The Morgan fingerprint density at radius 1 is 1.24 bits per heavy atom. The van der Waals surface area contributed by atoms with E-state index in [-0.39, 0.29) is 5.91 Å². The standard InChI is InChI=1S/C16H20N4O/c1-4-7-18-15-10-17-9-14(19-15)16(21)20-13-6-5-11(2)8-12(13)3/h5-6,8-10H,4,7H2,1-3H3,(H,18,19)(H,20,21). The molecule has 1 aromatic heterocycles. The molecule has 0 saturated heterocycles. The van der Waals surface area contributed by atoms with Crippen LogP contribution in [0.5, 0.6) is 0 Å². The highest BCUT2D eigenvalue weighted by Gasteiger charge is 2.10. The molecule has 5 nitrogen and oxygen atoms in total. The van der Waals surface area contributed by atoms with Crippen LogP contribution in [0.2, 0.25) is 0 Å². The maximum atomic E-state index is 12.2. The van der Waals surface area contributed by atoms with Crippen molar-refractivity contribution in [1.29, 1.82) is 0 Å². The zero-order chi connectivity index (χ0) is 15.2. The van der Waals surface area contributed by atoms with Gasteiger partial charge >= 0.3 is 0 Å². The Morgan fingerprint density at radius 2 is 2.05 bits per heavy atom. The number of anilines is 2. The molecule has 110 valence electrons. The first kappa shape index (κ1) is 15.0. The molecule has 2 N–H and O–H groups in total. The Morgan fingerprint density at radius 3 is 2.76 bits per heavy atom. The SMILES string of the molecule is CCCNc1cncc(C(=O)Nc2ccc(C)cc2C)n1. The van der Waals surface area contributed by atoms with E-state index in [1.165, 1.54) is 6.20 Å². The highest BCUT2D eigenvalue weighted by molar-refractivity contribution is 6.03. The normalized spacial score (nSPS) is 10.2. The van der Waals surface area contributed by atoms with Crippen LogP contribution in [0, 0.1) is 13.8 Å². The van der Waals surface area contributed by atoms with Crippen molar-refractivity contribution in [3.63, 3.8) is 0 Å². The van der Waals surface area contributed by atoms with Gasteiger partial charge in [0.2, 0.25) is 0 Å². The van der Waals surface area contributed by atoms with Gasteiger partial charge in [-0.15, -0.1) is 0 Å². The van der Waals surface area contributed by atoms with Crippen LogP contribution in [-0.2, 0) is 0 Å². The number of amides is 1. The van der Waals surface area contributed by atoms with Gasteiger partial charge in [-0.2, -0.15) is 0 Å². The van der Waals surface area contributed by atoms with Gasteiger partial charge in [-0.3, -0.25) is 9.78 Å². The van der Waals surface area contributed by atoms with Crippen LogP contribution in [0.4, 0.5) is 11.5 Å². The van der Waals surface area contributed by atoms with Gasteiger partial charge in [0.15, 0.2) is 0 Å². The Balaban J connectivity index is 2.12. The lowest BCUT2D eigenvalue weighted by Gasteiger charge is -2.09. The first-order valence-electron chi connectivity index (χ1n) is 7.04. The van der Waals surface area contributed by atoms with Gasteiger partial charge in [-0.1, -0.05) is 24.6 Å². The fourth-order valence-corrected chi connectivity index (χ4v) is 1.95. The minimum Gasteiger partial charge on any atom is -0.369 e. The molecule has 21 heavy (non-hydrogen) atoms. The maximum absolute atomic E-state index is 12.2. The van der Waals surface area contributed by atoms with E-state index >= 15 is 0 Å². The largest absolute Gasteiger partial charge is 0.369 e. The number of carbonyl (C=O) groups is 1. The Labute approximate surface area is 124 Å². The highest BCUT2D eigenvalue weighted by atomic mass is 16.1. The summed E-state index contributed by atoms with van der Waals surface area (Å²) >= 11 is 0. The predicted octanol–water partition coefficient (Wildman–Crippen LogP) is 3.17. The topological polar surface area (TPSA) is 66.9 Å². The number of carbonyl (C=O) groups excluding carboxylic acids is 1. The lowest BCUT2D eigenvalue weighted by Crippen LogP contribution is -2.16. The molecular formula is C16H20N4O. The third-order valence-electron chi connectivity index (χ3n) is 3.05. The second-order valence-electron chi connectivity index (χ2n) is 4.99. The van der Waals surface area contributed by atoms with Crippen LogP contribution in [0.25, 0.3) is 0 Å². The zero-order valence-electron chi connectivity index (χ0n) is 12.6. The fraction of sp³-hybridized carbons (Fsp3) is 0.312. The minimum absolute atomic E-state index is 0.255. The molecular weight excluding hydrogens is 264 g/mol. The maximum Gasteiger partial charge on any atom is 0.275 e. The van der Waals surface area contributed by atoms with Gasteiger partial charge in [0.1, 0.15) is 11.5 Å². The summed E-state index contributed by atoms with van der Waals surface area (Å²) in [6.45, 7) is 6.86. The smallest absolute Gasteiger partial charge is 0.275 e. The van der Waals surface area contributed by atoms with Gasteiger partial charge in [0, 0.05) is 12.2 Å². The second kappa shape index (κ2) is 6.83. The number of hydrogen-bond acceptors (Lipinski definition) is 4. The van der Waals surface area contributed by atoms with E-state index in [0.717, 1.165) is 29.8 Å². The molecule has 0 spiro atoms. The minimum atomic E-state index is -0.255. The van der Waals surface area contributed by atoms with Crippen molar-refractivity contribution in [1.82, 2.24) is 9.97 Å². The third kappa shape index (κ3) is 4.02. The summed E-state index contributed by atoms with van der Waals surface area (Å²) in [5.41, 5.74) is 3.28. The highest BCUT2D eigenvalue weighted by Crippen LogP contribution is 2.16. The van der Waals surface area contributed by atoms with Gasteiger partial charge in [0.05, 0.1) is 12.4 Å². The van der Waals surface area contributed by atoms with Crippen LogP contribution in [-0.4, -0.2) is 22.4 Å². The molecule has 0 bridgehead atoms. The number of benzene rings is 1. The van der Waals surface area contributed by atoms with Crippen molar-refractivity contribution in [2.24, 2.45) is 0 Å². The van der Waals surface area contributed by atoms with Crippen LogP contribution in [0.3, 0.4) is 0 Å². The van der Waals surface area contributed by atoms with Gasteiger partial charge < -0.3 is 10.6 Å². The summed E-state index contributed by atoms with van der Waals surface area (Å²) in [5.74, 6) is 0.361. The van der Waals surface area contributed by atoms with Crippen LogP contribution in [0.15, 0.2) is 30.6 Å². The molecule has 2 aromatic rings. The van der Waals surface area contributed by atoms with E-state index in [9.17, 15) is 4.79 Å². The van der Waals surface area contributed by atoms with Crippen LogP contribution in [0.1, 0.15) is 35.0 Å². The molecule has 2 rings (SSSR count). The van der Waals surface area contributed by atoms with Crippen LogP contribution < -0.4 is 10.6 Å². The second-order valence-corrected chi connectivity index (χ2v) is 4.99. The average molecular weight is 284 g/mol. The average Bonchev–Trinajstić information content (AvgIpc) is 2.48. The Bertz CT molecular complexity index is 640. The van der Waals surface area contributed by atoms with Crippen molar-refractivity contribution in [3.8, 4) is 0 Å². The predicted molar refractivity (Wildman–Crippen MR) is 84.7 cm³/mol. The Hall–Kier alpha value is -2.43. The summed E-state index contributed by atoms with van der Waals surface area (Å²) in [6, 6.07) is 5.89. The number of aryl methyl sites for hydroxylation is 2. The first-order valence-corrected chi connectivity index (χ1v) is 7.04. The summed E-state index contributed by atoms with van der Waals surface area (Å²) in [7, 11) is 0. The number of nitrogens with zero attached hydrogens (tertiary/aromatic N) is 2. The molecule has 0 fully saturated rings. The zero-order valence-corrected chi connectivity index (χ0v) is 12.6. The molecule has 0 unspecified atom stereocenters. The summed E-state index contributed by atoms with van der Waals surface area (Å²) in [4.78, 5) is 20.6. The number of nitrogens with one attached hydrogen (secondary N) is 2. The van der Waals surface area contributed by atoms with Gasteiger partial charge in [-0.25, -0.2) is 4.98 Å².